The molecule has 0 fully saturated rings. The topological polar surface area (TPSA) is 104 Å². The van der Waals surface area contributed by atoms with Gasteiger partial charge in [-0.3, -0.25) is 19.9 Å². The molecule has 0 aromatic carbocycles. The fourth-order valence-corrected chi connectivity index (χ4v) is 4.13. The Morgan fingerprint density at radius 2 is 0.688 bits per heavy atom. The highest BCUT2D eigenvalue weighted by Gasteiger charge is 2.47. The molecule has 0 radical (unpaired) electrons. The lowest BCUT2D eigenvalue weighted by Gasteiger charge is -2.46. The number of pyridine rings is 4. The Labute approximate surface area is 188 Å². The van der Waals surface area contributed by atoms with Gasteiger partial charge in [0.2, 0.25) is 0 Å². The van der Waals surface area contributed by atoms with Crippen molar-refractivity contribution >= 4 is 0 Å². The van der Waals surface area contributed by atoms with E-state index < -0.39 is 11.1 Å². The standard InChI is InChI=1S/C26H28N6/c27-25(17-21-9-1-5-13-29-21,18-22-10-2-6-14-30-22)26(28,19-23-11-3-7-15-31-23)20-24-12-4-8-16-32-24/h1-16H,17-20,27-28H2. The molecule has 4 rings (SSSR count). The van der Waals surface area contributed by atoms with Crippen LogP contribution in [0.4, 0.5) is 0 Å². The van der Waals surface area contributed by atoms with Gasteiger partial charge in [-0.1, -0.05) is 24.3 Å². The highest BCUT2D eigenvalue weighted by molar-refractivity contribution is 5.26. The summed E-state index contributed by atoms with van der Waals surface area (Å²) >= 11 is 0. The third-order valence-electron chi connectivity index (χ3n) is 5.88. The predicted molar refractivity (Wildman–Crippen MR) is 126 cm³/mol. The Bertz CT molecular complexity index is 914. The molecule has 32 heavy (non-hydrogen) atoms. The largest absolute Gasteiger partial charge is 0.323 e. The SMILES string of the molecule is NC(Cc1ccccn1)(Cc1ccccn1)C(N)(Cc1ccccn1)Cc1ccccn1. The maximum Gasteiger partial charge on any atom is 0.0456 e. The van der Waals surface area contributed by atoms with Crippen molar-refractivity contribution in [2.75, 3.05) is 0 Å². The molecule has 6 nitrogen and oxygen atoms in total. The molecule has 162 valence electrons. The monoisotopic (exact) mass is 424 g/mol. The summed E-state index contributed by atoms with van der Waals surface area (Å²) in [5.41, 5.74) is 16.4. The first-order valence-corrected chi connectivity index (χ1v) is 10.7. The van der Waals surface area contributed by atoms with Gasteiger partial charge in [0.05, 0.1) is 0 Å². The highest BCUT2D eigenvalue weighted by Crippen LogP contribution is 2.31. The van der Waals surface area contributed by atoms with E-state index in [0.717, 1.165) is 22.8 Å². The average Bonchev–Trinajstić information content (AvgIpc) is 2.81. The van der Waals surface area contributed by atoms with Gasteiger partial charge >= 0.3 is 0 Å². The number of aromatic nitrogens is 4. The summed E-state index contributed by atoms with van der Waals surface area (Å²) in [6, 6.07) is 23.4. The first-order chi connectivity index (χ1) is 15.6. The molecule has 0 amide bonds. The summed E-state index contributed by atoms with van der Waals surface area (Å²) in [5.74, 6) is 0. The summed E-state index contributed by atoms with van der Waals surface area (Å²) in [7, 11) is 0. The molecule has 6 heteroatoms. The first kappa shape index (κ1) is 21.7. The van der Waals surface area contributed by atoms with Crippen molar-refractivity contribution in [2.24, 2.45) is 11.5 Å². The Morgan fingerprint density at radius 3 is 0.875 bits per heavy atom. The van der Waals surface area contributed by atoms with E-state index in [1.807, 2.05) is 72.8 Å². The second-order valence-corrected chi connectivity index (χ2v) is 8.30. The molecule has 4 heterocycles. The van der Waals surface area contributed by atoms with Crippen LogP contribution in [0, 0.1) is 0 Å². The van der Waals surface area contributed by atoms with Gasteiger partial charge in [-0.05, 0) is 48.5 Å². The molecular formula is C26H28N6. The molecule has 0 atom stereocenters. The summed E-state index contributed by atoms with van der Waals surface area (Å²) in [4.78, 5) is 18.2. The van der Waals surface area contributed by atoms with E-state index >= 15 is 0 Å². The fourth-order valence-electron chi connectivity index (χ4n) is 4.13. The van der Waals surface area contributed by atoms with Gasteiger partial charge in [0.1, 0.15) is 0 Å². The van der Waals surface area contributed by atoms with E-state index in [1.165, 1.54) is 0 Å². The van der Waals surface area contributed by atoms with Gasteiger partial charge in [0, 0.05) is 84.3 Å². The molecule has 4 aromatic rings. The van der Waals surface area contributed by atoms with Crippen LogP contribution in [0.15, 0.2) is 97.6 Å². The van der Waals surface area contributed by atoms with Crippen LogP contribution in [0.5, 0.6) is 0 Å². The maximum absolute atomic E-state index is 7.28. The third kappa shape index (κ3) is 5.22. The molecule has 0 saturated heterocycles. The van der Waals surface area contributed by atoms with Crippen molar-refractivity contribution < 1.29 is 0 Å². The normalized spacial score (nSPS) is 11.9. The van der Waals surface area contributed by atoms with Crippen molar-refractivity contribution in [3.63, 3.8) is 0 Å². The smallest absolute Gasteiger partial charge is 0.0456 e. The molecule has 0 saturated carbocycles. The van der Waals surface area contributed by atoms with Crippen LogP contribution in [0.3, 0.4) is 0 Å². The lowest BCUT2D eigenvalue weighted by molar-refractivity contribution is 0.203. The van der Waals surface area contributed by atoms with Gasteiger partial charge in [-0.2, -0.15) is 0 Å². The minimum atomic E-state index is -0.856. The number of hydrogen-bond acceptors (Lipinski definition) is 6. The zero-order valence-electron chi connectivity index (χ0n) is 18.0. The van der Waals surface area contributed by atoms with E-state index in [9.17, 15) is 0 Å². The number of hydrogen-bond donors (Lipinski definition) is 2. The van der Waals surface area contributed by atoms with Crippen molar-refractivity contribution in [2.45, 2.75) is 36.8 Å². The average molecular weight is 425 g/mol. The lowest BCUT2D eigenvalue weighted by Crippen LogP contribution is -2.70. The summed E-state index contributed by atoms with van der Waals surface area (Å²) in [6.07, 6.45) is 9.14. The van der Waals surface area contributed by atoms with Crippen LogP contribution in [-0.4, -0.2) is 31.0 Å². The zero-order chi connectivity index (χ0) is 22.3. The number of nitrogens with two attached hydrogens (primary N) is 2. The zero-order valence-corrected chi connectivity index (χ0v) is 18.0. The van der Waals surface area contributed by atoms with Gasteiger partial charge in [0.15, 0.2) is 0 Å². The van der Waals surface area contributed by atoms with E-state index in [2.05, 4.69) is 19.9 Å². The Kier molecular flexibility index (Phi) is 6.63. The van der Waals surface area contributed by atoms with Gasteiger partial charge in [-0.25, -0.2) is 0 Å². The molecule has 0 aliphatic rings. The second kappa shape index (κ2) is 9.77. The minimum Gasteiger partial charge on any atom is -0.323 e. The van der Waals surface area contributed by atoms with Crippen molar-refractivity contribution in [3.8, 4) is 0 Å². The van der Waals surface area contributed by atoms with Gasteiger partial charge < -0.3 is 11.5 Å². The van der Waals surface area contributed by atoms with E-state index in [0.29, 0.717) is 25.7 Å². The number of rotatable bonds is 9. The first-order valence-electron chi connectivity index (χ1n) is 10.7. The fraction of sp³-hybridized carbons (Fsp3) is 0.231. The maximum atomic E-state index is 7.28. The Balaban J connectivity index is 1.78. The Morgan fingerprint density at radius 1 is 0.438 bits per heavy atom. The van der Waals surface area contributed by atoms with Crippen LogP contribution in [0.2, 0.25) is 0 Å². The minimum absolute atomic E-state index is 0.501. The van der Waals surface area contributed by atoms with Crippen molar-refractivity contribution in [1.82, 2.24) is 19.9 Å². The van der Waals surface area contributed by atoms with Crippen LogP contribution >= 0.6 is 0 Å². The molecule has 4 N–H and O–H groups in total. The van der Waals surface area contributed by atoms with E-state index in [-0.39, 0.29) is 0 Å². The van der Waals surface area contributed by atoms with E-state index in [1.54, 1.807) is 24.8 Å². The highest BCUT2D eigenvalue weighted by atomic mass is 15.0. The van der Waals surface area contributed by atoms with Crippen LogP contribution in [0.25, 0.3) is 0 Å². The molecular weight excluding hydrogens is 396 g/mol. The van der Waals surface area contributed by atoms with E-state index in [4.69, 9.17) is 11.5 Å². The van der Waals surface area contributed by atoms with Gasteiger partial charge in [0.25, 0.3) is 0 Å². The van der Waals surface area contributed by atoms with Crippen molar-refractivity contribution in [1.29, 1.82) is 0 Å². The lowest BCUT2D eigenvalue weighted by atomic mass is 9.67. The molecule has 0 spiro atoms. The summed E-state index contributed by atoms with van der Waals surface area (Å²) in [6.45, 7) is 0. The predicted octanol–water partition coefficient (Wildman–Crippen LogP) is 2.93. The molecule has 0 unspecified atom stereocenters. The van der Waals surface area contributed by atoms with Crippen LogP contribution < -0.4 is 11.5 Å². The second-order valence-electron chi connectivity index (χ2n) is 8.30. The number of nitrogens with zero attached hydrogens (tertiary/aromatic N) is 4. The third-order valence-corrected chi connectivity index (χ3v) is 5.88. The molecule has 0 aliphatic carbocycles. The van der Waals surface area contributed by atoms with Crippen LogP contribution in [0.1, 0.15) is 22.8 Å². The summed E-state index contributed by atoms with van der Waals surface area (Å²) < 4.78 is 0. The molecule has 0 aliphatic heterocycles. The molecule has 4 aromatic heterocycles. The Hall–Kier alpha value is -3.48. The van der Waals surface area contributed by atoms with Crippen LogP contribution in [-0.2, 0) is 25.7 Å². The quantitative estimate of drug-likeness (QED) is 0.428. The van der Waals surface area contributed by atoms with Gasteiger partial charge in [-0.15, -0.1) is 0 Å². The summed E-state index contributed by atoms with van der Waals surface area (Å²) in [5, 5.41) is 0. The molecule has 0 bridgehead atoms. The van der Waals surface area contributed by atoms with Crippen molar-refractivity contribution in [3.05, 3.63) is 120 Å².